The minimum atomic E-state index is -2.32. The smallest absolute Gasteiger partial charge is 0.261 e. The zero-order valence-corrected chi connectivity index (χ0v) is 9.30. The van der Waals surface area contributed by atoms with Gasteiger partial charge in [-0.2, -0.15) is 0 Å². The van der Waals surface area contributed by atoms with Crippen molar-refractivity contribution in [2.45, 2.75) is 30.5 Å². The van der Waals surface area contributed by atoms with Gasteiger partial charge < -0.3 is 5.32 Å². The molecule has 1 spiro atoms. The zero-order valence-electron chi connectivity index (χ0n) is 9.30. The van der Waals surface area contributed by atoms with Crippen LogP contribution < -0.4 is 5.32 Å². The van der Waals surface area contributed by atoms with Crippen LogP contribution in [0.15, 0.2) is 24.3 Å². The Hall–Kier alpha value is -1.45. The van der Waals surface area contributed by atoms with E-state index in [1.807, 2.05) is 24.3 Å². The minimum absolute atomic E-state index is 0.0380. The standard InChI is InChI=1S/C13H13F2NO/c14-8-12(15)5-6-13(16-11(12)17)7-9-3-1-2-4-10(9)13/h1-4H,5-8H2,(H,16,17)/t12?,13-/m1/s1. The first-order valence-electron chi connectivity index (χ1n) is 5.76. The topological polar surface area (TPSA) is 29.1 Å². The maximum absolute atomic E-state index is 13.8. The molecular formula is C13H13F2NO. The summed E-state index contributed by atoms with van der Waals surface area (Å²) in [6, 6.07) is 7.79. The largest absolute Gasteiger partial charge is 0.343 e. The van der Waals surface area contributed by atoms with Crippen LogP contribution in [0.1, 0.15) is 24.0 Å². The van der Waals surface area contributed by atoms with Gasteiger partial charge in [0.05, 0.1) is 5.54 Å². The Morgan fingerprint density at radius 2 is 2.06 bits per heavy atom. The molecule has 0 radical (unpaired) electrons. The average molecular weight is 237 g/mol. The molecule has 0 saturated carbocycles. The van der Waals surface area contributed by atoms with Gasteiger partial charge in [0, 0.05) is 6.42 Å². The van der Waals surface area contributed by atoms with E-state index in [0.29, 0.717) is 6.42 Å². The summed E-state index contributed by atoms with van der Waals surface area (Å²) in [4.78, 5) is 11.6. The van der Waals surface area contributed by atoms with Gasteiger partial charge >= 0.3 is 0 Å². The van der Waals surface area contributed by atoms with Gasteiger partial charge in [-0.05, 0) is 24.0 Å². The van der Waals surface area contributed by atoms with Crippen LogP contribution in [0.2, 0.25) is 0 Å². The first kappa shape index (κ1) is 10.7. The Morgan fingerprint density at radius 1 is 1.29 bits per heavy atom. The maximum atomic E-state index is 13.8. The molecule has 4 heteroatoms. The Balaban J connectivity index is 1.89. The van der Waals surface area contributed by atoms with E-state index in [9.17, 15) is 13.6 Å². The monoisotopic (exact) mass is 237 g/mol. The minimum Gasteiger partial charge on any atom is -0.343 e. The van der Waals surface area contributed by atoms with Crippen molar-refractivity contribution in [2.75, 3.05) is 6.67 Å². The van der Waals surface area contributed by atoms with Gasteiger partial charge in [-0.25, -0.2) is 8.78 Å². The number of carbonyl (C=O) groups is 1. The molecule has 1 N–H and O–H groups in total. The van der Waals surface area contributed by atoms with E-state index < -0.39 is 23.8 Å². The third-order valence-corrected chi connectivity index (χ3v) is 3.94. The number of fused-ring (bicyclic) bond motifs is 2. The lowest BCUT2D eigenvalue weighted by Gasteiger charge is -2.49. The summed E-state index contributed by atoms with van der Waals surface area (Å²) in [5, 5.41) is 2.67. The van der Waals surface area contributed by atoms with E-state index >= 15 is 0 Å². The first-order valence-corrected chi connectivity index (χ1v) is 5.76. The molecule has 1 fully saturated rings. The van der Waals surface area contributed by atoms with E-state index in [1.165, 1.54) is 5.56 Å². The normalized spacial score (nSPS) is 35.1. The summed E-state index contributed by atoms with van der Waals surface area (Å²) >= 11 is 0. The van der Waals surface area contributed by atoms with Crippen LogP contribution in [0, 0.1) is 0 Å². The molecule has 17 heavy (non-hydrogen) atoms. The number of amides is 1. The summed E-state index contributed by atoms with van der Waals surface area (Å²) in [5.41, 5.74) is -0.539. The van der Waals surface area contributed by atoms with E-state index in [4.69, 9.17) is 0 Å². The summed E-state index contributed by atoms with van der Waals surface area (Å²) in [5.74, 6) is -0.805. The molecule has 1 heterocycles. The molecule has 90 valence electrons. The molecule has 1 aromatic rings. The lowest BCUT2D eigenvalue weighted by atomic mass is 9.65. The van der Waals surface area contributed by atoms with E-state index in [1.54, 1.807) is 0 Å². The van der Waals surface area contributed by atoms with Crippen LogP contribution in [0.4, 0.5) is 8.78 Å². The molecule has 1 aliphatic heterocycles. The summed E-state index contributed by atoms with van der Waals surface area (Å²) in [7, 11) is 0. The zero-order chi connectivity index (χ0) is 12.1. The molecule has 0 bridgehead atoms. The van der Waals surface area contributed by atoms with Gasteiger partial charge in [0.15, 0.2) is 0 Å². The fraction of sp³-hybridized carbons (Fsp3) is 0.462. The van der Waals surface area contributed by atoms with Crippen molar-refractivity contribution >= 4 is 5.91 Å². The SMILES string of the molecule is O=C1N[C@]2(CCC1(F)CF)Cc1ccccc12. The van der Waals surface area contributed by atoms with Gasteiger partial charge in [0.25, 0.3) is 5.91 Å². The molecule has 1 saturated heterocycles. The average Bonchev–Trinajstić information content (AvgIpc) is 2.32. The number of hydrogen-bond acceptors (Lipinski definition) is 1. The molecule has 1 unspecified atom stereocenters. The number of benzene rings is 1. The predicted octanol–water partition coefficient (Wildman–Crippen LogP) is 2.03. The number of alkyl halides is 2. The van der Waals surface area contributed by atoms with Gasteiger partial charge in [-0.1, -0.05) is 24.3 Å². The highest BCUT2D eigenvalue weighted by atomic mass is 19.2. The summed E-state index contributed by atoms with van der Waals surface area (Å²) < 4.78 is 26.3. The van der Waals surface area contributed by atoms with Crippen molar-refractivity contribution in [2.24, 2.45) is 0 Å². The molecule has 3 rings (SSSR count). The van der Waals surface area contributed by atoms with E-state index in [2.05, 4.69) is 5.32 Å². The van der Waals surface area contributed by atoms with Crippen LogP contribution in [-0.4, -0.2) is 18.3 Å². The van der Waals surface area contributed by atoms with Crippen LogP contribution in [0.3, 0.4) is 0 Å². The second kappa shape index (κ2) is 3.28. The quantitative estimate of drug-likeness (QED) is 0.795. The van der Waals surface area contributed by atoms with Crippen molar-refractivity contribution in [1.82, 2.24) is 5.32 Å². The fourth-order valence-corrected chi connectivity index (χ4v) is 2.83. The number of hydrogen-bond donors (Lipinski definition) is 1. The van der Waals surface area contributed by atoms with Crippen LogP contribution in [0.25, 0.3) is 0 Å². The van der Waals surface area contributed by atoms with Crippen molar-refractivity contribution in [3.05, 3.63) is 35.4 Å². The number of piperidine rings is 1. The molecule has 2 aliphatic rings. The number of halogens is 2. The van der Waals surface area contributed by atoms with Crippen LogP contribution in [-0.2, 0) is 16.8 Å². The van der Waals surface area contributed by atoms with Gasteiger partial charge in [0.1, 0.15) is 6.67 Å². The van der Waals surface area contributed by atoms with Gasteiger partial charge in [-0.15, -0.1) is 0 Å². The Morgan fingerprint density at radius 3 is 2.71 bits per heavy atom. The molecule has 2 nitrogen and oxygen atoms in total. The number of rotatable bonds is 1. The molecule has 1 aliphatic carbocycles. The lowest BCUT2D eigenvalue weighted by Crippen LogP contribution is -2.63. The number of carbonyl (C=O) groups excluding carboxylic acids is 1. The van der Waals surface area contributed by atoms with Crippen LogP contribution >= 0.6 is 0 Å². The van der Waals surface area contributed by atoms with Gasteiger partial charge in [-0.3, -0.25) is 4.79 Å². The number of nitrogens with one attached hydrogen (secondary N) is 1. The van der Waals surface area contributed by atoms with Gasteiger partial charge in [0.2, 0.25) is 5.67 Å². The highest BCUT2D eigenvalue weighted by Crippen LogP contribution is 2.46. The Labute approximate surface area is 98.0 Å². The third-order valence-electron chi connectivity index (χ3n) is 3.94. The Kier molecular flexibility index (Phi) is 2.06. The van der Waals surface area contributed by atoms with Crippen LogP contribution in [0.5, 0.6) is 0 Å². The van der Waals surface area contributed by atoms with Crippen molar-refractivity contribution in [1.29, 1.82) is 0 Å². The predicted molar refractivity (Wildman–Crippen MR) is 59.0 cm³/mol. The van der Waals surface area contributed by atoms with Crippen molar-refractivity contribution in [3.63, 3.8) is 0 Å². The maximum Gasteiger partial charge on any atom is 0.261 e. The molecule has 0 aromatic heterocycles. The second-order valence-corrected chi connectivity index (χ2v) is 4.97. The summed E-state index contributed by atoms with van der Waals surface area (Å²) in [6.45, 7) is -1.24. The highest BCUT2D eigenvalue weighted by molar-refractivity contribution is 5.87. The third kappa shape index (κ3) is 1.33. The van der Waals surface area contributed by atoms with E-state index in [0.717, 1.165) is 12.0 Å². The summed E-state index contributed by atoms with van der Waals surface area (Å²) in [6.07, 6.45) is 1.15. The van der Waals surface area contributed by atoms with Crippen molar-refractivity contribution in [3.8, 4) is 0 Å². The Bertz CT molecular complexity index is 490. The first-order chi connectivity index (χ1) is 8.10. The molecule has 1 aromatic carbocycles. The molecule has 2 atom stereocenters. The lowest BCUT2D eigenvalue weighted by molar-refractivity contribution is -0.142. The van der Waals surface area contributed by atoms with E-state index in [-0.39, 0.29) is 6.42 Å². The van der Waals surface area contributed by atoms with Crippen molar-refractivity contribution < 1.29 is 13.6 Å². The fourth-order valence-electron chi connectivity index (χ4n) is 2.83. The highest BCUT2D eigenvalue weighted by Gasteiger charge is 2.53. The molecular weight excluding hydrogens is 224 g/mol. The second-order valence-electron chi connectivity index (χ2n) is 4.97. The molecule has 1 amide bonds.